The Morgan fingerprint density at radius 1 is 1.06 bits per heavy atom. The Labute approximate surface area is 204 Å². The summed E-state index contributed by atoms with van der Waals surface area (Å²) in [5, 5.41) is 14.2. The average Bonchev–Trinajstić information content (AvgIpc) is 3.46. The number of rotatable bonds is 6. The molecule has 3 heterocycles. The van der Waals surface area contributed by atoms with E-state index in [1.165, 1.54) is 11.3 Å². The van der Waals surface area contributed by atoms with E-state index >= 15 is 0 Å². The monoisotopic (exact) mass is 495 g/mol. The van der Waals surface area contributed by atoms with Crippen molar-refractivity contribution >= 4 is 56.5 Å². The highest BCUT2D eigenvalue weighted by molar-refractivity contribution is 7.20. The predicted octanol–water partition coefficient (Wildman–Crippen LogP) is 4.30. The summed E-state index contributed by atoms with van der Waals surface area (Å²) in [6.45, 7) is 3.48. The summed E-state index contributed by atoms with van der Waals surface area (Å²) in [6, 6.07) is 16.5. The number of hydrogen-bond donors (Lipinski definition) is 3. The number of carbonyl (C=O) groups excluding carboxylic acids is 2. The van der Waals surface area contributed by atoms with Gasteiger partial charge in [-0.2, -0.15) is 5.10 Å². The number of H-pyrrole nitrogens is 1. The van der Waals surface area contributed by atoms with Crippen LogP contribution in [0.2, 0.25) is 5.02 Å². The number of morpholine rings is 1. The van der Waals surface area contributed by atoms with Crippen molar-refractivity contribution in [3.8, 4) is 0 Å². The van der Waals surface area contributed by atoms with Crippen LogP contribution in [0.3, 0.4) is 0 Å². The number of thiophene rings is 1. The van der Waals surface area contributed by atoms with E-state index in [4.69, 9.17) is 16.3 Å². The maximum absolute atomic E-state index is 12.8. The highest BCUT2D eigenvalue weighted by Gasteiger charge is 2.17. The number of amides is 2. The number of hydrogen-bond acceptors (Lipinski definition) is 6. The lowest BCUT2D eigenvalue weighted by molar-refractivity contribution is 0.0954. The molecule has 1 fully saturated rings. The van der Waals surface area contributed by atoms with E-state index in [9.17, 15) is 9.59 Å². The van der Waals surface area contributed by atoms with Crippen molar-refractivity contribution < 1.29 is 14.3 Å². The molecule has 0 unspecified atom stereocenters. The summed E-state index contributed by atoms with van der Waals surface area (Å²) >= 11 is 7.16. The molecule has 34 heavy (non-hydrogen) atoms. The SMILES string of the molecule is O=C(Nc1[nH]nc2sc(C(=O)NCc3ccc(Cl)cc3)cc12)c1ccc(N2CCOCC2)cc1. The molecule has 3 N–H and O–H groups in total. The number of halogens is 1. The largest absolute Gasteiger partial charge is 0.378 e. The Morgan fingerprint density at radius 3 is 2.53 bits per heavy atom. The smallest absolute Gasteiger partial charge is 0.261 e. The topological polar surface area (TPSA) is 99.3 Å². The van der Waals surface area contributed by atoms with Gasteiger partial charge in [-0.05, 0) is 48.0 Å². The van der Waals surface area contributed by atoms with Crippen molar-refractivity contribution in [2.24, 2.45) is 0 Å². The summed E-state index contributed by atoms with van der Waals surface area (Å²) in [5.41, 5.74) is 2.55. The lowest BCUT2D eigenvalue weighted by Crippen LogP contribution is -2.36. The van der Waals surface area contributed by atoms with Gasteiger partial charge in [-0.3, -0.25) is 14.7 Å². The maximum Gasteiger partial charge on any atom is 0.261 e. The van der Waals surface area contributed by atoms with Gasteiger partial charge in [0.2, 0.25) is 0 Å². The van der Waals surface area contributed by atoms with Gasteiger partial charge >= 0.3 is 0 Å². The normalized spacial score (nSPS) is 13.7. The van der Waals surface area contributed by atoms with Crippen molar-refractivity contribution in [2.75, 3.05) is 36.5 Å². The van der Waals surface area contributed by atoms with Crippen molar-refractivity contribution in [3.05, 3.63) is 75.6 Å². The molecule has 2 aromatic heterocycles. The summed E-state index contributed by atoms with van der Waals surface area (Å²) in [5.74, 6) is 0.0122. The number of anilines is 2. The molecule has 0 saturated carbocycles. The van der Waals surface area contributed by atoms with Crippen LogP contribution in [-0.2, 0) is 11.3 Å². The molecular weight excluding hydrogens is 474 g/mol. The average molecular weight is 496 g/mol. The molecule has 0 spiro atoms. The van der Waals surface area contributed by atoms with Crippen LogP contribution in [0.4, 0.5) is 11.5 Å². The van der Waals surface area contributed by atoms with Gasteiger partial charge < -0.3 is 20.3 Å². The maximum atomic E-state index is 12.8. The Kier molecular flexibility index (Phi) is 6.48. The van der Waals surface area contributed by atoms with Crippen LogP contribution < -0.4 is 15.5 Å². The number of nitrogens with one attached hydrogen (secondary N) is 3. The first-order valence-electron chi connectivity index (χ1n) is 10.8. The second-order valence-corrected chi connectivity index (χ2v) is 9.30. The minimum absolute atomic E-state index is 0.200. The molecular formula is C24H22ClN5O3S. The number of aromatic amines is 1. The summed E-state index contributed by atoms with van der Waals surface area (Å²) < 4.78 is 5.39. The Bertz CT molecular complexity index is 1310. The van der Waals surface area contributed by atoms with Gasteiger partial charge in [0.15, 0.2) is 0 Å². The second-order valence-electron chi connectivity index (χ2n) is 7.84. The van der Waals surface area contributed by atoms with Gasteiger partial charge in [-0.1, -0.05) is 23.7 Å². The fourth-order valence-electron chi connectivity index (χ4n) is 3.72. The van der Waals surface area contributed by atoms with E-state index in [2.05, 4.69) is 25.7 Å². The molecule has 0 aliphatic carbocycles. The number of fused-ring (bicyclic) bond motifs is 1. The molecule has 1 aliphatic heterocycles. The number of carbonyl (C=O) groups is 2. The molecule has 0 atom stereocenters. The van der Waals surface area contributed by atoms with Gasteiger partial charge in [0.05, 0.1) is 23.5 Å². The van der Waals surface area contributed by atoms with E-state index in [1.807, 2.05) is 24.3 Å². The van der Waals surface area contributed by atoms with Crippen LogP contribution >= 0.6 is 22.9 Å². The molecule has 2 aromatic carbocycles. The summed E-state index contributed by atoms with van der Waals surface area (Å²) in [7, 11) is 0. The third-order valence-corrected chi connectivity index (χ3v) is 6.87. The number of nitrogens with zero attached hydrogens (tertiary/aromatic N) is 2. The molecule has 1 saturated heterocycles. The van der Waals surface area contributed by atoms with E-state index in [1.54, 1.807) is 30.3 Å². The highest BCUT2D eigenvalue weighted by atomic mass is 35.5. The summed E-state index contributed by atoms with van der Waals surface area (Å²) in [4.78, 5) is 28.8. The molecule has 5 rings (SSSR count). The van der Waals surface area contributed by atoms with Gasteiger partial charge in [0.1, 0.15) is 10.6 Å². The standard InChI is InChI=1S/C24H22ClN5O3S/c25-17-5-1-15(2-6-17)14-26-23(32)20-13-19-21(28-29-24(19)34-20)27-22(31)16-3-7-18(8-4-16)30-9-11-33-12-10-30/h1-8,13H,9-12,14H2,(H,26,32)(H2,27,28,29,31). The summed E-state index contributed by atoms with van der Waals surface area (Å²) in [6.07, 6.45) is 0. The van der Waals surface area contributed by atoms with Crippen LogP contribution in [0.25, 0.3) is 10.2 Å². The molecule has 10 heteroatoms. The van der Waals surface area contributed by atoms with Crippen molar-refractivity contribution in [3.63, 3.8) is 0 Å². The fraction of sp³-hybridized carbons (Fsp3) is 0.208. The van der Waals surface area contributed by atoms with Gasteiger partial charge in [-0.15, -0.1) is 11.3 Å². The molecule has 174 valence electrons. The van der Waals surface area contributed by atoms with Crippen molar-refractivity contribution in [1.82, 2.24) is 15.5 Å². The van der Waals surface area contributed by atoms with E-state index in [0.29, 0.717) is 51.3 Å². The predicted molar refractivity (Wildman–Crippen MR) is 134 cm³/mol. The third kappa shape index (κ3) is 4.91. The molecule has 8 nitrogen and oxygen atoms in total. The van der Waals surface area contributed by atoms with Gasteiger partial charge in [-0.25, -0.2) is 0 Å². The van der Waals surface area contributed by atoms with Crippen molar-refractivity contribution in [2.45, 2.75) is 6.54 Å². The minimum atomic E-state index is -0.251. The molecule has 0 radical (unpaired) electrons. The first-order chi connectivity index (χ1) is 16.6. The molecule has 4 aromatic rings. The van der Waals surface area contributed by atoms with E-state index < -0.39 is 0 Å². The molecule has 2 amide bonds. The van der Waals surface area contributed by atoms with E-state index in [-0.39, 0.29) is 11.8 Å². The quantitative estimate of drug-likeness (QED) is 0.370. The van der Waals surface area contributed by atoms with Crippen LogP contribution in [0.1, 0.15) is 25.6 Å². The van der Waals surface area contributed by atoms with Crippen LogP contribution in [0, 0.1) is 0 Å². The zero-order chi connectivity index (χ0) is 23.5. The number of ether oxygens (including phenoxy) is 1. The van der Waals surface area contributed by atoms with Gasteiger partial charge in [0.25, 0.3) is 11.8 Å². The zero-order valence-corrected chi connectivity index (χ0v) is 19.7. The molecule has 0 bridgehead atoms. The Balaban J connectivity index is 1.24. The number of benzene rings is 2. The van der Waals surface area contributed by atoms with Gasteiger partial charge in [0, 0.05) is 35.9 Å². The van der Waals surface area contributed by atoms with E-state index in [0.717, 1.165) is 24.3 Å². The second kappa shape index (κ2) is 9.84. The zero-order valence-electron chi connectivity index (χ0n) is 18.1. The first kappa shape index (κ1) is 22.4. The third-order valence-electron chi connectivity index (χ3n) is 5.59. The lowest BCUT2D eigenvalue weighted by Gasteiger charge is -2.28. The van der Waals surface area contributed by atoms with Crippen LogP contribution in [-0.4, -0.2) is 48.3 Å². The number of aromatic nitrogens is 2. The highest BCUT2D eigenvalue weighted by Crippen LogP contribution is 2.29. The molecule has 1 aliphatic rings. The van der Waals surface area contributed by atoms with Crippen molar-refractivity contribution in [1.29, 1.82) is 0 Å². The van der Waals surface area contributed by atoms with Crippen LogP contribution in [0.5, 0.6) is 0 Å². The Morgan fingerprint density at radius 2 is 1.79 bits per heavy atom. The lowest BCUT2D eigenvalue weighted by atomic mass is 10.1. The Hall–Kier alpha value is -3.40. The minimum Gasteiger partial charge on any atom is -0.378 e. The first-order valence-corrected chi connectivity index (χ1v) is 12.0. The fourth-order valence-corrected chi connectivity index (χ4v) is 4.76. The van der Waals surface area contributed by atoms with Crippen LogP contribution in [0.15, 0.2) is 54.6 Å².